The minimum absolute atomic E-state index is 0.0808. The Kier molecular flexibility index (Phi) is 59.8. The summed E-state index contributed by atoms with van der Waals surface area (Å²) in [5, 5.41) is 0. The third kappa shape index (κ3) is 61.1. The molecule has 0 radical (unpaired) electrons. The number of allylic oxidation sites excluding steroid dienone is 16. The second-order valence-corrected chi connectivity index (χ2v) is 20.9. The number of carbonyl (C=O) groups is 3. The van der Waals surface area contributed by atoms with Gasteiger partial charge < -0.3 is 14.2 Å². The molecule has 0 amide bonds. The lowest BCUT2D eigenvalue weighted by atomic mass is 10.0. The molecule has 0 saturated carbocycles. The molecule has 0 saturated heterocycles. The third-order valence-corrected chi connectivity index (χ3v) is 13.6. The van der Waals surface area contributed by atoms with Crippen LogP contribution < -0.4 is 0 Å². The maximum absolute atomic E-state index is 12.9. The molecule has 0 spiro atoms. The molecule has 0 aliphatic heterocycles. The summed E-state index contributed by atoms with van der Waals surface area (Å²) in [7, 11) is 0. The van der Waals surface area contributed by atoms with E-state index in [1.54, 1.807) is 0 Å². The van der Waals surface area contributed by atoms with Gasteiger partial charge in [-0.25, -0.2) is 0 Å². The zero-order chi connectivity index (χ0) is 54.3. The van der Waals surface area contributed by atoms with Crippen LogP contribution >= 0.6 is 0 Å². The molecule has 0 fully saturated rings. The smallest absolute Gasteiger partial charge is 0.306 e. The highest BCUT2D eigenvalue weighted by atomic mass is 16.6. The van der Waals surface area contributed by atoms with E-state index >= 15 is 0 Å². The van der Waals surface area contributed by atoms with Crippen LogP contribution in [0.4, 0.5) is 0 Å². The van der Waals surface area contributed by atoms with Gasteiger partial charge in [0, 0.05) is 19.3 Å². The predicted octanol–water partition coefficient (Wildman–Crippen LogP) is 21.7. The maximum Gasteiger partial charge on any atom is 0.306 e. The van der Waals surface area contributed by atoms with Gasteiger partial charge in [-0.2, -0.15) is 0 Å². The molecule has 0 bridgehead atoms. The molecule has 0 N–H and O–H groups in total. The molecule has 0 aliphatic rings. The van der Waals surface area contributed by atoms with Gasteiger partial charge in [0.1, 0.15) is 13.2 Å². The summed E-state index contributed by atoms with van der Waals surface area (Å²) in [4.78, 5) is 38.2. The number of hydrogen-bond acceptors (Lipinski definition) is 6. The number of ether oxygens (including phenoxy) is 3. The molecule has 6 heteroatoms. The van der Waals surface area contributed by atoms with Crippen LogP contribution in [-0.4, -0.2) is 37.2 Å². The average Bonchev–Trinajstić information content (AvgIpc) is 3.41. The Bertz CT molecular complexity index is 1480. The van der Waals surface area contributed by atoms with Crippen LogP contribution in [0.5, 0.6) is 0 Å². The monoisotopic (exact) mass is 1040 g/mol. The minimum atomic E-state index is -0.784. The first-order valence-electron chi connectivity index (χ1n) is 31.7. The van der Waals surface area contributed by atoms with Crippen molar-refractivity contribution in [1.82, 2.24) is 0 Å². The van der Waals surface area contributed by atoms with E-state index < -0.39 is 6.10 Å². The molecule has 430 valence electrons. The summed E-state index contributed by atoms with van der Waals surface area (Å²) in [6.07, 6.45) is 84.3. The Morgan fingerprint density at radius 1 is 0.280 bits per heavy atom. The molecule has 75 heavy (non-hydrogen) atoms. The Morgan fingerprint density at radius 3 is 0.813 bits per heavy atom. The first-order valence-corrected chi connectivity index (χ1v) is 31.7. The van der Waals surface area contributed by atoms with Crippen LogP contribution in [0.25, 0.3) is 0 Å². The number of hydrogen-bond donors (Lipinski definition) is 0. The van der Waals surface area contributed by atoms with Gasteiger partial charge in [0.2, 0.25) is 0 Å². The molecular weight excluding hydrogens is 925 g/mol. The fraction of sp³-hybridized carbons (Fsp3) is 0.725. The molecule has 1 unspecified atom stereocenters. The molecule has 0 aromatic heterocycles. The zero-order valence-corrected chi connectivity index (χ0v) is 49.3. The predicted molar refractivity (Wildman–Crippen MR) is 325 cm³/mol. The first kappa shape index (κ1) is 71.3. The fourth-order valence-electron chi connectivity index (χ4n) is 8.90. The highest BCUT2D eigenvalue weighted by Crippen LogP contribution is 2.16. The average molecular weight is 1040 g/mol. The number of carbonyl (C=O) groups excluding carboxylic acids is 3. The third-order valence-electron chi connectivity index (χ3n) is 13.6. The molecule has 0 aromatic rings. The Balaban J connectivity index is 4.17. The summed E-state index contributed by atoms with van der Waals surface area (Å²) in [5.74, 6) is -0.889. The van der Waals surface area contributed by atoms with E-state index in [2.05, 4.69) is 118 Å². The summed E-state index contributed by atoms with van der Waals surface area (Å²) in [6.45, 7) is 6.41. The van der Waals surface area contributed by atoms with E-state index in [4.69, 9.17) is 14.2 Å². The van der Waals surface area contributed by atoms with Gasteiger partial charge in [-0.1, -0.05) is 285 Å². The van der Waals surface area contributed by atoms with Crippen molar-refractivity contribution in [2.75, 3.05) is 13.2 Å². The van der Waals surface area contributed by atoms with Crippen LogP contribution in [0.1, 0.15) is 303 Å². The van der Waals surface area contributed by atoms with Gasteiger partial charge >= 0.3 is 17.9 Å². The van der Waals surface area contributed by atoms with Gasteiger partial charge in [-0.15, -0.1) is 0 Å². The van der Waals surface area contributed by atoms with E-state index in [1.807, 2.05) is 0 Å². The molecule has 0 rings (SSSR count). The minimum Gasteiger partial charge on any atom is -0.462 e. The standard InChI is InChI=1S/C69H118O6/c1-4-7-10-13-16-19-22-24-26-27-28-29-30-31-32-33-34-35-36-37-38-39-40-41-43-44-47-50-53-56-59-62-68(71)74-65-66(64-73-67(70)61-58-55-52-49-46-21-18-15-12-9-6-3)75-69(72)63-60-57-54-51-48-45-42-25-23-20-17-14-11-8-5-2/h7-8,10-11,16-17,19-20,24-26,28-29,31-32,42,66H,4-6,9,12-15,18,21-23,27,30,33-41,43-65H2,1-3H3/b10-7-,11-8-,19-16-,20-17-,26-24-,29-28-,32-31-,42-25-. The van der Waals surface area contributed by atoms with Gasteiger partial charge in [0.05, 0.1) is 0 Å². The van der Waals surface area contributed by atoms with Crippen molar-refractivity contribution in [2.45, 2.75) is 309 Å². The van der Waals surface area contributed by atoms with Crippen molar-refractivity contribution in [1.29, 1.82) is 0 Å². The van der Waals surface area contributed by atoms with Crippen molar-refractivity contribution >= 4 is 17.9 Å². The van der Waals surface area contributed by atoms with Crippen molar-refractivity contribution < 1.29 is 28.6 Å². The topological polar surface area (TPSA) is 78.9 Å². The van der Waals surface area contributed by atoms with Gasteiger partial charge in [-0.3, -0.25) is 14.4 Å². The van der Waals surface area contributed by atoms with E-state index in [1.165, 1.54) is 135 Å². The summed E-state index contributed by atoms with van der Waals surface area (Å²) in [5.41, 5.74) is 0. The van der Waals surface area contributed by atoms with Crippen LogP contribution in [0.3, 0.4) is 0 Å². The van der Waals surface area contributed by atoms with E-state index in [0.717, 1.165) is 128 Å². The number of unbranched alkanes of at least 4 members (excludes halogenated alkanes) is 30. The van der Waals surface area contributed by atoms with Crippen molar-refractivity contribution in [3.05, 3.63) is 97.2 Å². The van der Waals surface area contributed by atoms with Gasteiger partial charge in [-0.05, 0) is 96.3 Å². The Hall–Kier alpha value is -3.67. The van der Waals surface area contributed by atoms with Gasteiger partial charge in [0.25, 0.3) is 0 Å². The Morgan fingerprint density at radius 2 is 0.520 bits per heavy atom. The lowest BCUT2D eigenvalue weighted by Gasteiger charge is -2.18. The summed E-state index contributed by atoms with van der Waals surface area (Å²) >= 11 is 0. The highest BCUT2D eigenvalue weighted by Gasteiger charge is 2.19. The quantitative estimate of drug-likeness (QED) is 0.0261. The van der Waals surface area contributed by atoms with Crippen molar-refractivity contribution in [3.63, 3.8) is 0 Å². The molecule has 6 nitrogen and oxygen atoms in total. The molecule has 0 aromatic carbocycles. The maximum atomic E-state index is 12.9. The second kappa shape index (κ2) is 62.9. The van der Waals surface area contributed by atoms with E-state index in [-0.39, 0.29) is 31.1 Å². The first-order chi connectivity index (χ1) is 37.0. The summed E-state index contributed by atoms with van der Waals surface area (Å²) < 4.78 is 16.9. The van der Waals surface area contributed by atoms with Crippen LogP contribution in [-0.2, 0) is 28.6 Å². The number of rotatable bonds is 57. The van der Waals surface area contributed by atoms with Crippen molar-refractivity contribution in [2.24, 2.45) is 0 Å². The summed E-state index contributed by atoms with van der Waals surface area (Å²) in [6, 6.07) is 0. The molecular formula is C69H118O6. The van der Waals surface area contributed by atoms with Crippen LogP contribution in [0.2, 0.25) is 0 Å². The van der Waals surface area contributed by atoms with Crippen molar-refractivity contribution in [3.8, 4) is 0 Å². The zero-order valence-electron chi connectivity index (χ0n) is 49.3. The van der Waals surface area contributed by atoms with E-state index in [9.17, 15) is 14.4 Å². The van der Waals surface area contributed by atoms with E-state index in [0.29, 0.717) is 19.3 Å². The SMILES string of the molecule is CC/C=C\C/C=C\C/C=C\C/C=C\C/C=C\CCCCCCCCCCCCCCCCCC(=O)OCC(COC(=O)CCCCCCCCCCCCC)OC(=O)CCCCCCC/C=C\C/C=C\C/C=C\CC. The van der Waals surface area contributed by atoms with Gasteiger partial charge in [0.15, 0.2) is 6.10 Å². The number of esters is 3. The Labute approximate surface area is 464 Å². The highest BCUT2D eigenvalue weighted by molar-refractivity contribution is 5.71. The fourth-order valence-corrected chi connectivity index (χ4v) is 8.90. The second-order valence-electron chi connectivity index (χ2n) is 20.9. The molecule has 0 heterocycles. The van der Waals surface area contributed by atoms with Crippen LogP contribution in [0.15, 0.2) is 97.2 Å². The lowest BCUT2D eigenvalue weighted by molar-refractivity contribution is -0.167. The normalized spacial score (nSPS) is 12.7. The molecule has 0 aliphatic carbocycles. The lowest BCUT2D eigenvalue weighted by Crippen LogP contribution is -2.30. The largest absolute Gasteiger partial charge is 0.462 e. The molecule has 1 atom stereocenters. The van der Waals surface area contributed by atoms with Crippen LogP contribution in [0, 0.1) is 0 Å².